The predicted molar refractivity (Wildman–Crippen MR) is 137 cm³/mol. The van der Waals surface area contributed by atoms with Crippen LogP contribution >= 0.6 is 0 Å². The number of ketones is 1. The van der Waals surface area contributed by atoms with Crippen LogP contribution in [0.2, 0.25) is 0 Å². The van der Waals surface area contributed by atoms with E-state index < -0.39 is 0 Å². The Morgan fingerprint density at radius 1 is 1.00 bits per heavy atom. The van der Waals surface area contributed by atoms with Gasteiger partial charge in [-0.25, -0.2) is 8.91 Å². The first-order valence-electron chi connectivity index (χ1n) is 11.7. The summed E-state index contributed by atoms with van der Waals surface area (Å²) in [6.45, 7) is 5.84. The summed E-state index contributed by atoms with van der Waals surface area (Å²) in [6.07, 6.45) is 1.98. The molecule has 1 N–H and O–H groups in total. The van der Waals surface area contributed by atoms with Crippen molar-refractivity contribution in [3.63, 3.8) is 0 Å². The summed E-state index contributed by atoms with van der Waals surface area (Å²) in [5.74, 6) is -0.628. The van der Waals surface area contributed by atoms with E-state index in [1.807, 2.05) is 63.2 Å². The van der Waals surface area contributed by atoms with E-state index in [1.54, 1.807) is 18.3 Å². The molecule has 5 rings (SSSR count). The summed E-state index contributed by atoms with van der Waals surface area (Å²) in [7, 11) is 0. The second kappa shape index (κ2) is 8.95. The zero-order valence-corrected chi connectivity index (χ0v) is 19.9. The van der Waals surface area contributed by atoms with Crippen LogP contribution in [0.15, 0.2) is 77.7 Å². The first kappa shape index (κ1) is 22.7. The number of nitrogens with zero attached hydrogens (tertiary/aromatic N) is 2. The lowest BCUT2D eigenvalue weighted by molar-refractivity contribution is 0.0969. The molecule has 1 atom stereocenters. The Bertz CT molecular complexity index is 1610. The number of Topliss-reactive ketones (excluding diaryl/α,β-unsaturated/α-hetero) is 1. The smallest absolute Gasteiger partial charge is 0.274 e. The Morgan fingerprint density at radius 2 is 1.71 bits per heavy atom. The van der Waals surface area contributed by atoms with Gasteiger partial charge in [0.2, 0.25) is 0 Å². The van der Waals surface area contributed by atoms with Crippen LogP contribution in [-0.4, -0.2) is 20.4 Å². The zero-order valence-electron chi connectivity index (χ0n) is 19.9. The van der Waals surface area contributed by atoms with Crippen LogP contribution in [0.5, 0.6) is 0 Å². The van der Waals surface area contributed by atoms with Crippen LogP contribution < -0.4 is 5.56 Å². The SMILES string of the molecule is CC(C)c1c(C(=O)C[C@H](C)c2ccc(F)cc2)nn2cc(-c3ccc4ccccc4c3)[nH]c(=O)c12. The topological polar surface area (TPSA) is 67.2 Å². The van der Waals surface area contributed by atoms with Gasteiger partial charge in [0.15, 0.2) is 5.78 Å². The van der Waals surface area contributed by atoms with E-state index in [0.29, 0.717) is 22.5 Å². The van der Waals surface area contributed by atoms with Gasteiger partial charge in [-0.3, -0.25) is 9.59 Å². The third-order valence-corrected chi connectivity index (χ3v) is 6.49. The van der Waals surface area contributed by atoms with E-state index in [4.69, 9.17) is 0 Å². The number of nitrogens with one attached hydrogen (secondary N) is 1. The molecule has 0 aliphatic rings. The maximum absolute atomic E-state index is 13.3. The number of carbonyl (C=O) groups is 1. The fourth-order valence-electron chi connectivity index (χ4n) is 4.64. The number of H-pyrrole nitrogens is 1. The summed E-state index contributed by atoms with van der Waals surface area (Å²) < 4.78 is 14.8. The fourth-order valence-corrected chi connectivity index (χ4v) is 4.64. The van der Waals surface area contributed by atoms with Gasteiger partial charge >= 0.3 is 0 Å². The Kier molecular flexibility index (Phi) is 5.81. The van der Waals surface area contributed by atoms with Crippen LogP contribution in [-0.2, 0) is 0 Å². The van der Waals surface area contributed by atoms with Crippen LogP contribution in [0, 0.1) is 5.82 Å². The third kappa shape index (κ3) is 4.28. The highest BCUT2D eigenvalue weighted by molar-refractivity contribution is 5.98. The van der Waals surface area contributed by atoms with Crippen molar-refractivity contribution in [2.45, 2.75) is 39.0 Å². The highest BCUT2D eigenvalue weighted by Gasteiger charge is 2.25. The lowest BCUT2D eigenvalue weighted by Gasteiger charge is -2.11. The summed E-state index contributed by atoms with van der Waals surface area (Å²) in [4.78, 5) is 29.5. The average Bonchev–Trinajstić information content (AvgIpc) is 3.25. The minimum absolute atomic E-state index is 0.0693. The van der Waals surface area contributed by atoms with Gasteiger partial charge in [-0.1, -0.05) is 69.3 Å². The molecule has 0 aliphatic heterocycles. The van der Waals surface area contributed by atoms with Gasteiger partial charge in [-0.2, -0.15) is 5.10 Å². The van der Waals surface area contributed by atoms with Crippen LogP contribution in [0.25, 0.3) is 27.5 Å². The zero-order chi connectivity index (χ0) is 24.7. The van der Waals surface area contributed by atoms with Gasteiger partial charge < -0.3 is 4.98 Å². The van der Waals surface area contributed by atoms with Gasteiger partial charge in [-0.05, 0) is 46.4 Å². The molecule has 0 radical (unpaired) electrons. The van der Waals surface area contributed by atoms with Gasteiger partial charge in [0.05, 0.1) is 11.9 Å². The molecule has 5 nitrogen and oxygen atoms in total. The summed E-state index contributed by atoms with van der Waals surface area (Å²) in [5, 5.41) is 6.78. The van der Waals surface area contributed by atoms with E-state index in [0.717, 1.165) is 21.9 Å². The Balaban J connectivity index is 1.56. The average molecular weight is 468 g/mol. The van der Waals surface area contributed by atoms with Crippen molar-refractivity contribution in [1.29, 1.82) is 0 Å². The number of fused-ring (bicyclic) bond motifs is 2. The number of rotatable bonds is 6. The van der Waals surface area contributed by atoms with Crippen molar-refractivity contribution in [3.05, 3.63) is 106 Å². The van der Waals surface area contributed by atoms with E-state index >= 15 is 0 Å². The van der Waals surface area contributed by atoms with Crippen LogP contribution in [0.3, 0.4) is 0 Å². The predicted octanol–water partition coefficient (Wildman–Crippen LogP) is 6.48. The number of halogens is 1. The quantitative estimate of drug-likeness (QED) is 0.291. The number of hydrogen-bond donors (Lipinski definition) is 1. The lowest BCUT2D eigenvalue weighted by Crippen LogP contribution is -2.13. The first-order valence-corrected chi connectivity index (χ1v) is 11.7. The normalized spacial score (nSPS) is 12.5. The van der Waals surface area contributed by atoms with Crippen molar-refractivity contribution in [2.75, 3.05) is 0 Å². The van der Waals surface area contributed by atoms with E-state index in [1.165, 1.54) is 16.6 Å². The van der Waals surface area contributed by atoms with Gasteiger partial charge in [-0.15, -0.1) is 0 Å². The highest BCUT2D eigenvalue weighted by Crippen LogP contribution is 2.29. The maximum Gasteiger partial charge on any atom is 0.274 e. The molecular weight excluding hydrogens is 441 g/mol. The molecule has 5 aromatic rings. The second-order valence-corrected chi connectivity index (χ2v) is 9.35. The summed E-state index contributed by atoms with van der Waals surface area (Å²) in [5.41, 5.74) is 3.44. The molecule has 0 bridgehead atoms. The second-order valence-electron chi connectivity index (χ2n) is 9.35. The molecule has 6 heteroatoms. The number of aromatic nitrogens is 3. The fraction of sp³-hybridized carbons (Fsp3) is 0.207. The van der Waals surface area contributed by atoms with E-state index in [-0.39, 0.29) is 35.4 Å². The maximum atomic E-state index is 13.3. The van der Waals surface area contributed by atoms with Crippen molar-refractivity contribution >= 4 is 22.1 Å². The van der Waals surface area contributed by atoms with E-state index in [9.17, 15) is 14.0 Å². The molecule has 0 aliphatic carbocycles. The molecular formula is C29H26FN3O2. The largest absolute Gasteiger partial charge is 0.319 e. The van der Waals surface area contributed by atoms with Gasteiger partial charge in [0.1, 0.15) is 17.0 Å². The number of carbonyl (C=O) groups excluding carboxylic acids is 1. The molecule has 0 unspecified atom stereocenters. The Hall–Kier alpha value is -4.06. The Labute approximate surface area is 202 Å². The molecule has 35 heavy (non-hydrogen) atoms. The number of benzene rings is 3. The molecule has 0 saturated carbocycles. The van der Waals surface area contributed by atoms with Gasteiger partial charge in [0.25, 0.3) is 5.56 Å². The van der Waals surface area contributed by atoms with E-state index in [2.05, 4.69) is 10.1 Å². The van der Waals surface area contributed by atoms with Crippen molar-refractivity contribution in [3.8, 4) is 11.3 Å². The van der Waals surface area contributed by atoms with Crippen molar-refractivity contribution < 1.29 is 9.18 Å². The molecule has 3 aromatic carbocycles. The molecule has 0 fully saturated rings. The minimum Gasteiger partial charge on any atom is -0.319 e. The molecule has 2 heterocycles. The first-order chi connectivity index (χ1) is 16.8. The van der Waals surface area contributed by atoms with Crippen LogP contribution in [0.1, 0.15) is 60.6 Å². The standard InChI is InChI=1S/C29H26FN3O2/c1-17(2)26-27(25(34)14-18(3)19-10-12-23(30)13-11-19)32-33-16-24(31-29(35)28(26)33)22-9-8-20-6-4-5-7-21(20)15-22/h4-13,15-18H,14H2,1-3H3,(H,31,35)/t18-/m0/s1. The summed E-state index contributed by atoms with van der Waals surface area (Å²) in [6, 6.07) is 20.2. The monoisotopic (exact) mass is 467 g/mol. The molecule has 0 saturated heterocycles. The van der Waals surface area contributed by atoms with Crippen molar-refractivity contribution in [2.24, 2.45) is 0 Å². The third-order valence-electron chi connectivity index (χ3n) is 6.49. The Morgan fingerprint density at radius 3 is 2.43 bits per heavy atom. The highest BCUT2D eigenvalue weighted by atomic mass is 19.1. The summed E-state index contributed by atoms with van der Waals surface area (Å²) >= 11 is 0. The number of hydrogen-bond acceptors (Lipinski definition) is 3. The number of aromatic amines is 1. The van der Waals surface area contributed by atoms with Crippen molar-refractivity contribution in [1.82, 2.24) is 14.6 Å². The molecule has 2 aromatic heterocycles. The molecule has 0 amide bonds. The molecule has 176 valence electrons. The lowest BCUT2D eigenvalue weighted by atomic mass is 9.92. The molecule has 0 spiro atoms. The van der Waals surface area contributed by atoms with Gasteiger partial charge in [0, 0.05) is 17.5 Å². The van der Waals surface area contributed by atoms with Crippen LogP contribution in [0.4, 0.5) is 4.39 Å². The minimum atomic E-state index is -0.309.